The van der Waals surface area contributed by atoms with E-state index in [2.05, 4.69) is 31.1 Å². The summed E-state index contributed by atoms with van der Waals surface area (Å²) < 4.78 is 5.86. The standard InChI is InChI=1S/C19H41N5O2S/c1-14(2)27-13-6-5-8-16(4)26-12-10-15(3)24-18(25)17(20)9-7-11-23-19(21)22/h14-17H,5-13,20H2,1-4H3,(H,24,25)(H4,21,22,23). The van der Waals surface area contributed by atoms with Gasteiger partial charge in [0.25, 0.3) is 0 Å². The number of amides is 1. The number of carbonyl (C=O) groups is 1. The van der Waals surface area contributed by atoms with E-state index in [1.807, 2.05) is 18.7 Å². The Morgan fingerprint density at radius 3 is 2.41 bits per heavy atom. The van der Waals surface area contributed by atoms with Crippen molar-refractivity contribution in [1.29, 1.82) is 0 Å². The highest BCUT2D eigenvalue weighted by atomic mass is 32.2. The summed E-state index contributed by atoms with van der Waals surface area (Å²) in [4.78, 5) is 15.9. The molecular formula is C19H41N5O2S. The third-order valence-corrected chi connectivity index (χ3v) is 5.29. The second-order valence-electron chi connectivity index (χ2n) is 7.35. The van der Waals surface area contributed by atoms with Crippen molar-refractivity contribution in [2.45, 2.75) is 89.7 Å². The number of rotatable bonds is 16. The Kier molecular flexibility index (Phi) is 15.4. The topological polar surface area (TPSA) is 129 Å². The summed E-state index contributed by atoms with van der Waals surface area (Å²) in [5.41, 5.74) is 16.4. The van der Waals surface area contributed by atoms with Crippen molar-refractivity contribution < 1.29 is 9.53 Å². The van der Waals surface area contributed by atoms with E-state index in [1.165, 1.54) is 18.6 Å². The molecule has 0 aliphatic heterocycles. The van der Waals surface area contributed by atoms with Crippen LogP contribution in [0.2, 0.25) is 0 Å². The van der Waals surface area contributed by atoms with E-state index >= 15 is 0 Å². The summed E-state index contributed by atoms with van der Waals surface area (Å²) in [7, 11) is 0. The first-order chi connectivity index (χ1) is 12.7. The van der Waals surface area contributed by atoms with Crippen LogP contribution in [0.15, 0.2) is 4.99 Å². The Hall–Kier alpha value is -0.990. The normalized spacial score (nSPS) is 14.6. The van der Waals surface area contributed by atoms with Gasteiger partial charge in [-0.2, -0.15) is 11.8 Å². The number of nitrogens with one attached hydrogen (secondary N) is 1. The molecule has 0 aromatic rings. The Morgan fingerprint density at radius 1 is 1.07 bits per heavy atom. The summed E-state index contributed by atoms with van der Waals surface area (Å²) in [6.07, 6.45) is 5.79. The molecule has 0 saturated heterocycles. The van der Waals surface area contributed by atoms with Gasteiger partial charge in [-0.15, -0.1) is 0 Å². The lowest BCUT2D eigenvalue weighted by Gasteiger charge is -2.19. The van der Waals surface area contributed by atoms with Gasteiger partial charge in [-0.05, 0) is 57.0 Å². The van der Waals surface area contributed by atoms with Crippen molar-refractivity contribution in [3.8, 4) is 0 Å². The van der Waals surface area contributed by atoms with E-state index in [0.29, 0.717) is 31.2 Å². The minimum Gasteiger partial charge on any atom is -0.378 e. The molecule has 0 radical (unpaired) electrons. The van der Waals surface area contributed by atoms with Gasteiger partial charge in [0.1, 0.15) is 0 Å². The van der Waals surface area contributed by atoms with Crippen molar-refractivity contribution in [3.63, 3.8) is 0 Å². The molecule has 0 fully saturated rings. The number of hydrogen-bond acceptors (Lipinski definition) is 5. The summed E-state index contributed by atoms with van der Waals surface area (Å²) in [5.74, 6) is 1.15. The van der Waals surface area contributed by atoms with Gasteiger partial charge in [-0.25, -0.2) is 0 Å². The molecule has 0 rings (SSSR count). The lowest BCUT2D eigenvalue weighted by Crippen LogP contribution is -2.44. The average molecular weight is 404 g/mol. The number of carbonyl (C=O) groups excluding carboxylic acids is 1. The first kappa shape index (κ1) is 26.0. The predicted molar refractivity (Wildman–Crippen MR) is 117 cm³/mol. The van der Waals surface area contributed by atoms with Crippen LogP contribution in [0.3, 0.4) is 0 Å². The number of guanidine groups is 1. The van der Waals surface area contributed by atoms with Crippen LogP contribution in [0.25, 0.3) is 0 Å². The molecule has 0 heterocycles. The summed E-state index contributed by atoms with van der Waals surface area (Å²) >= 11 is 2.01. The molecule has 3 unspecified atom stereocenters. The van der Waals surface area contributed by atoms with Gasteiger partial charge in [0, 0.05) is 19.2 Å². The highest BCUT2D eigenvalue weighted by molar-refractivity contribution is 7.99. The van der Waals surface area contributed by atoms with E-state index in [0.717, 1.165) is 12.8 Å². The van der Waals surface area contributed by atoms with Gasteiger partial charge >= 0.3 is 0 Å². The number of ether oxygens (including phenoxy) is 1. The lowest BCUT2D eigenvalue weighted by molar-refractivity contribution is -0.123. The van der Waals surface area contributed by atoms with Crippen LogP contribution < -0.4 is 22.5 Å². The van der Waals surface area contributed by atoms with Gasteiger partial charge in [0.05, 0.1) is 12.1 Å². The van der Waals surface area contributed by atoms with Crippen LogP contribution in [0.1, 0.15) is 66.2 Å². The molecule has 0 spiro atoms. The van der Waals surface area contributed by atoms with E-state index < -0.39 is 6.04 Å². The third-order valence-electron chi connectivity index (χ3n) is 4.10. The molecule has 7 N–H and O–H groups in total. The largest absolute Gasteiger partial charge is 0.378 e. The van der Waals surface area contributed by atoms with Gasteiger partial charge in [0.2, 0.25) is 5.91 Å². The molecule has 0 aromatic heterocycles. The highest BCUT2D eigenvalue weighted by Crippen LogP contribution is 2.13. The zero-order valence-corrected chi connectivity index (χ0v) is 18.4. The van der Waals surface area contributed by atoms with Gasteiger partial charge in [0.15, 0.2) is 5.96 Å². The smallest absolute Gasteiger partial charge is 0.237 e. The molecule has 8 heteroatoms. The zero-order chi connectivity index (χ0) is 20.7. The Labute approximate surface area is 169 Å². The minimum absolute atomic E-state index is 0.0379. The monoisotopic (exact) mass is 403 g/mol. The Bertz CT molecular complexity index is 417. The van der Waals surface area contributed by atoms with E-state index in [-0.39, 0.29) is 24.0 Å². The maximum atomic E-state index is 12.1. The van der Waals surface area contributed by atoms with E-state index in [9.17, 15) is 4.79 Å². The fourth-order valence-electron chi connectivity index (χ4n) is 2.45. The van der Waals surface area contributed by atoms with Crippen LogP contribution in [0.5, 0.6) is 0 Å². The molecule has 0 bridgehead atoms. The van der Waals surface area contributed by atoms with Gasteiger partial charge in [-0.3, -0.25) is 9.79 Å². The van der Waals surface area contributed by atoms with E-state index in [1.54, 1.807) is 0 Å². The first-order valence-corrected chi connectivity index (χ1v) is 11.1. The predicted octanol–water partition coefficient (Wildman–Crippen LogP) is 1.98. The fraction of sp³-hybridized carbons (Fsp3) is 0.895. The Balaban J connectivity index is 3.74. The third kappa shape index (κ3) is 16.9. The van der Waals surface area contributed by atoms with Crippen LogP contribution in [-0.2, 0) is 9.53 Å². The maximum Gasteiger partial charge on any atom is 0.237 e. The quantitative estimate of drug-likeness (QED) is 0.177. The van der Waals surface area contributed by atoms with Crippen LogP contribution in [0, 0.1) is 0 Å². The van der Waals surface area contributed by atoms with Crippen molar-refractivity contribution in [3.05, 3.63) is 0 Å². The Morgan fingerprint density at radius 2 is 1.78 bits per heavy atom. The van der Waals surface area contributed by atoms with Gasteiger partial charge < -0.3 is 27.3 Å². The second kappa shape index (κ2) is 16.0. The fourth-order valence-corrected chi connectivity index (χ4v) is 3.30. The van der Waals surface area contributed by atoms with Gasteiger partial charge in [-0.1, -0.05) is 20.3 Å². The molecule has 1 amide bonds. The SMILES string of the molecule is CC(CCOC(C)CCCCSC(C)C)NC(=O)C(N)CCCN=C(N)N. The highest BCUT2D eigenvalue weighted by Gasteiger charge is 2.15. The van der Waals surface area contributed by atoms with Crippen molar-refractivity contribution in [2.24, 2.45) is 22.2 Å². The molecule has 27 heavy (non-hydrogen) atoms. The molecule has 0 aliphatic carbocycles. The van der Waals surface area contributed by atoms with E-state index in [4.69, 9.17) is 21.9 Å². The number of unbranched alkanes of at least 4 members (excludes halogenated alkanes) is 1. The zero-order valence-electron chi connectivity index (χ0n) is 17.6. The van der Waals surface area contributed by atoms with Crippen LogP contribution in [0.4, 0.5) is 0 Å². The van der Waals surface area contributed by atoms with Crippen LogP contribution >= 0.6 is 11.8 Å². The van der Waals surface area contributed by atoms with Crippen molar-refractivity contribution >= 4 is 23.6 Å². The number of nitrogens with zero attached hydrogens (tertiary/aromatic N) is 1. The number of nitrogens with two attached hydrogens (primary N) is 3. The summed E-state index contributed by atoms with van der Waals surface area (Å²) in [6.45, 7) is 9.68. The number of hydrogen-bond donors (Lipinski definition) is 4. The molecule has 0 aliphatic rings. The second-order valence-corrected chi connectivity index (χ2v) is 9.03. The number of thioether (sulfide) groups is 1. The van der Waals surface area contributed by atoms with Crippen molar-refractivity contribution in [2.75, 3.05) is 18.9 Å². The molecule has 7 nitrogen and oxygen atoms in total. The first-order valence-electron chi connectivity index (χ1n) is 10.1. The molecule has 0 aromatic carbocycles. The minimum atomic E-state index is -0.537. The summed E-state index contributed by atoms with van der Waals surface area (Å²) in [5, 5.41) is 3.65. The maximum absolute atomic E-state index is 12.1. The summed E-state index contributed by atoms with van der Waals surface area (Å²) in [6, 6.07) is -0.499. The molecular weight excluding hydrogens is 362 g/mol. The molecule has 0 saturated carbocycles. The molecule has 160 valence electrons. The average Bonchev–Trinajstić information content (AvgIpc) is 2.57. The van der Waals surface area contributed by atoms with Crippen molar-refractivity contribution in [1.82, 2.24) is 5.32 Å². The number of aliphatic imine (C=N–C) groups is 1. The lowest BCUT2D eigenvalue weighted by atomic mass is 10.1. The molecule has 3 atom stereocenters. The van der Waals surface area contributed by atoms with Crippen LogP contribution in [-0.4, -0.2) is 54.2 Å².